The fourth-order valence-electron chi connectivity index (χ4n) is 0.855. The summed E-state index contributed by atoms with van der Waals surface area (Å²) in [6, 6.07) is 0.162. The summed E-state index contributed by atoms with van der Waals surface area (Å²) in [6.45, 7) is 4.02. The van der Waals surface area contributed by atoms with Gasteiger partial charge in [0.05, 0.1) is 0 Å². The first-order valence-corrected chi connectivity index (χ1v) is 3.15. The Bertz CT molecular complexity index is 168. The molecule has 0 bridgehead atoms. The van der Waals surface area contributed by atoms with Crippen LogP contribution in [-0.2, 0) is 0 Å². The van der Waals surface area contributed by atoms with Gasteiger partial charge in [-0.2, -0.15) is 0 Å². The molecule has 0 spiro atoms. The van der Waals surface area contributed by atoms with Gasteiger partial charge in [0.25, 0.3) is 0 Å². The molecule has 50 valence electrons. The Morgan fingerprint density at radius 1 is 1.67 bits per heavy atom. The second kappa shape index (κ2) is 2.31. The van der Waals surface area contributed by atoms with Crippen molar-refractivity contribution < 1.29 is 0 Å². The van der Waals surface area contributed by atoms with E-state index in [1.165, 1.54) is 5.57 Å². The molecule has 1 heterocycles. The predicted molar refractivity (Wildman–Crippen MR) is 39.5 cm³/mol. The van der Waals surface area contributed by atoms with E-state index in [1.54, 1.807) is 0 Å². The molecule has 0 radical (unpaired) electrons. The summed E-state index contributed by atoms with van der Waals surface area (Å²) in [4.78, 5) is 4.12. The van der Waals surface area contributed by atoms with Crippen molar-refractivity contribution in [2.75, 3.05) is 0 Å². The van der Waals surface area contributed by atoms with Crippen molar-refractivity contribution in [3.8, 4) is 0 Å². The second-order valence-electron chi connectivity index (χ2n) is 2.56. The summed E-state index contributed by atoms with van der Waals surface area (Å²) in [6.07, 6.45) is 2.86. The molecule has 0 fully saturated rings. The van der Waals surface area contributed by atoms with E-state index in [-0.39, 0.29) is 6.04 Å². The number of nitrogens with zero attached hydrogens (tertiary/aromatic N) is 1. The van der Waals surface area contributed by atoms with Gasteiger partial charge in [-0.3, -0.25) is 4.99 Å². The molecule has 1 unspecified atom stereocenters. The van der Waals surface area contributed by atoms with Crippen molar-refractivity contribution in [3.05, 3.63) is 11.8 Å². The molecule has 0 aliphatic carbocycles. The predicted octanol–water partition coefficient (Wildman–Crippen LogP) is 1.08. The lowest BCUT2D eigenvalue weighted by Crippen LogP contribution is -2.30. The average molecular weight is 124 g/mol. The lowest BCUT2D eigenvalue weighted by atomic mass is 10.0. The van der Waals surface area contributed by atoms with E-state index in [9.17, 15) is 0 Å². The number of nitrogens with two attached hydrogens (primary N) is 1. The zero-order chi connectivity index (χ0) is 6.85. The maximum absolute atomic E-state index is 5.70. The van der Waals surface area contributed by atoms with Gasteiger partial charge >= 0.3 is 0 Å². The third-order valence-corrected chi connectivity index (χ3v) is 1.57. The third-order valence-electron chi connectivity index (χ3n) is 1.57. The first kappa shape index (κ1) is 6.49. The van der Waals surface area contributed by atoms with Gasteiger partial charge in [0, 0.05) is 18.0 Å². The van der Waals surface area contributed by atoms with E-state index < -0.39 is 0 Å². The molecular weight excluding hydrogens is 112 g/mol. The van der Waals surface area contributed by atoms with E-state index >= 15 is 0 Å². The van der Waals surface area contributed by atoms with E-state index in [1.807, 2.05) is 13.1 Å². The quantitative estimate of drug-likeness (QED) is 0.515. The summed E-state index contributed by atoms with van der Waals surface area (Å²) >= 11 is 0. The lowest BCUT2D eigenvalue weighted by Gasteiger charge is -2.14. The summed E-state index contributed by atoms with van der Waals surface area (Å²) in [5.41, 5.74) is 8.01. The van der Waals surface area contributed by atoms with Crippen molar-refractivity contribution in [3.63, 3.8) is 0 Å². The average Bonchev–Trinajstić information content (AvgIpc) is 1.80. The highest BCUT2D eigenvalue weighted by Crippen LogP contribution is 2.09. The van der Waals surface area contributed by atoms with Crippen molar-refractivity contribution >= 4 is 5.71 Å². The molecule has 9 heavy (non-hydrogen) atoms. The Kier molecular flexibility index (Phi) is 1.67. The van der Waals surface area contributed by atoms with E-state index in [4.69, 9.17) is 5.73 Å². The van der Waals surface area contributed by atoms with Crippen molar-refractivity contribution in [1.82, 2.24) is 0 Å². The zero-order valence-corrected chi connectivity index (χ0v) is 5.89. The minimum Gasteiger partial charge on any atom is -0.323 e. The molecule has 2 N–H and O–H groups in total. The Morgan fingerprint density at radius 2 is 2.33 bits per heavy atom. The molecule has 1 atom stereocenters. The fraction of sp³-hybridized carbons (Fsp3) is 0.571. The number of aliphatic imine (C=N–C) groups is 1. The van der Waals surface area contributed by atoms with E-state index in [0.29, 0.717) is 0 Å². The molecule has 1 aliphatic rings. The molecule has 1 aliphatic heterocycles. The van der Waals surface area contributed by atoms with Crippen molar-refractivity contribution in [2.45, 2.75) is 26.3 Å². The Labute approximate surface area is 55.5 Å². The second-order valence-corrected chi connectivity index (χ2v) is 2.56. The van der Waals surface area contributed by atoms with Gasteiger partial charge in [0.2, 0.25) is 0 Å². The summed E-state index contributed by atoms with van der Waals surface area (Å²) in [5, 5.41) is 0. The maximum atomic E-state index is 5.70. The van der Waals surface area contributed by atoms with Crippen LogP contribution in [-0.4, -0.2) is 11.8 Å². The number of hydrogen-bond acceptors (Lipinski definition) is 2. The molecule has 0 saturated carbocycles. The van der Waals surface area contributed by atoms with Gasteiger partial charge in [0.15, 0.2) is 0 Å². The molecule has 0 aromatic rings. The van der Waals surface area contributed by atoms with Crippen LogP contribution in [0, 0.1) is 0 Å². The normalized spacial score (nSPS) is 27.2. The standard InChI is InChI=1S/C7H12N2/c1-5-3-7(8)6(2)9-4-5/h4,7H,3,8H2,1-2H3. The monoisotopic (exact) mass is 124 g/mol. The van der Waals surface area contributed by atoms with Gasteiger partial charge in [-0.25, -0.2) is 0 Å². The summed E-state index contributed by atoms with van der Waals surface area (Å²) < 4.78 is 0. The summed E-state index contributed by atoms with van der Waals surface area (Å²) in [5.74, 6) is 0. The van der Waals surface area contributed by atoms with Crippen LogP contribution in [0.25, 0.3) is 0 Å². The first-order chi connectivity index (χ1) is 4.20. The molecule has 0 aromatic carbocycles. The zero-order valence-electron chi connectivity index (χ0n) is 5.89. The topological polar surface area (TPSA) is 38.4 Å². The first-order valence-electron chi connectivity index (χ1n) is 3.15. The molecule has 2 heteroatoms. The van der Waals surface area contributed by atoms with Crippen molar-refractivity contribution in [2.24, 2.45) is 10.7 Å². The van der Waals surface area contributed by atoms with Crippen LogP contribution in [0.15, 0.2) is 16.8 Å². The molecular formula is C7H12N2. The van der Waals surface area contributed by atoms with Crippen LogP contribution < -0.4 is 5.73 Å². The van der Waals surface area contributed by atoms with Crippen LogP contribution in [0.5, 0.6) is 0 Å². The van der Waals surface area contributed by atoms with E-state index in [2.05, 4.69) is 11.9 Å². The molecule has 0 amide bonds. The molecule has 0 aromatic heterocycles. The molecule has 2 nitrogen and oxygen atoms in total. The largest absolute Gasteiger partial charge is 0.323 e. The highest BCUT2D eigenvalue weighted by molar-refractivity contribution is 5.88. The minimum atomic E-state index is 0.162. The van der Waals surface area contributed by atoms with Gasteiger partial charge < -0.3 is 5.73 Å². The van der Waals surface area contributed by atoms with Crippen molar-refractivity contribution in [1.29, 1.82) is 0 Å². The van der Waals surface area contributed by atoms with Crippen LogP contribution in [0.1, 0.15) is 20.3 Å². The Balaban J connectivity index is 2.74. The van der Waals surface area contributed by atoms with Gasteiger partial charge in [-0.15, -0.1) is 0 Å². The van der Waals surface area contributed by atoms with Crippen LogP contribution in [0.4, 0.5) is 0 Å². The number of hydrogen-bond donors (Lipinski definition) is 1. The Hall–Kier alpha value is -0.630. The smallest absolute Gasteiger partial charge is 0.0465 e. The SMILES string of the molecule is CC1=CN=C(C)C(N)C1. The highest BCUT2D eigenvalue weighted by atomic mass is 14.8. The van der Waals surface area contributed by atoms with Crippen LogP contribution in [0.2, 0.25) is 0 Å². The van der Waals surface area contributed by atoms with E-state index in [0.717, 1.165) is 12.1 Å². The molecule has 0 saturated heterocycles. The number of rotatable bonds is 0. The lowest BCUT2D eigenvalue weighted by molar-refractivity contribution is 0.815. The van der Waals surface area contributed by atoms with Crippen LogP contribution >= 0.6 is 0 Å². The Morgan fingerprint density at radius 3 is 2.78 bits per heavy atom. The fourth-order valence-corrected chi connectivity index (χ4v) is 0.855. The third kappa shape index (κ3) is 1.39. The molecule has 1 rings (SSSR count). The summed E-state index contributed by atoms with van der Waals surface area (Å²) in [7, 11) is 0. The van der Waals surface area contributed by atoms with Gasteiger partial charge in [-0.1, -0.05) is 5.57 Å². The maximum Gasteiger partial charge on any atom is 0.0465 e. The van der Waals surface area contributed by atoms with Gasteiger partial charge in [0.1, 0.15) is 0 Å². The minimum absolute atomic E-state index is 0.162. The van der Waals surface area contributed by atoms with Gasteiger partial charge in [-0.05, 0) is 20.3 Å². The van der Waals surface area contributed by atoms with Crippen LogP contribution in [0.3, 0.4) is 0 Å². The highest BCUT2D eigenvalue weighted by Gasteiger charge is 2.09.